The molecule has 0 amide bonds. The van der Waals surface area contributed by atoms with E-state index in [4.69, 9.17) is 0 Å². The van der Waals surface area contributed by atoms with Crippen LogP contribution in [-0.4, -0.2) is 9.13 Å². The van der Waals surface area contributed by atoms with Gasteiger partial charge in [0.1, 0.15) is 0 Å². The summed E-state index contributed by atoms with van der Waals surface area (Å²) < 4.78 is 46.9. The number of para-hydroxylation sites is 2. The number of fused-ring (bicyclic) bond motifs is 14. The molecule has 13 rings (SSSR count). The molecule has 2 heterocycles. The number of nitriles is 2. The van der Waals surface area contributed by atoms with Crippen LogP contribution in [0.4, 0.5) is 13.2 Å². The van der Waals surface area contributed by atoms with Gasteiger partial charge in [0.2, 0.25) is 0 Å². The first-order chi connectivity index (χ1) is 33.8. The van der Waals surface area contributed by atoms with Gasteiger partial charge in [-0.25, -0.2) is 0 Å². The fraction of sp³-hybridized carbons (Fsp3) is 0.111. The van der Waals surface area contributed by atoms with Crippen LogP contribution in [-0.2, 0) is 17.0 Å². The van der Waals surface area contributed by atoms with Crippen molar-refractivity contribution in [1.29, 1.82) is 10.5 Å². The Labute approximate surface area is 402 Å². The number of alkyl halides is 3. The monoisotopic (exact) mass is 910 g/mol. The summed E-state index contributed by atoms with van der Waals surface area (Å²) in [6.45, 7) is 9.17. The second-order valence-electron chi connectivity index (χ2n) is 19.8. The van der Waals surface area contributed by atoms with Crippen LogP contribution in [0.5, 0.6) is 0 Å². The molecule has 7 heteroatoms. The first kappa shape index (κ1) is 41.5. The van der Waals surface area contributed by atoms with Crippen LogP contribution in [0, 0.1) is 22.7 Å². The summed E-state index contributed by atoms with van der Waals surface area (Å²) in [5.74, 6) is 0. The Hall–Kier alpha value is -8.65. The lowest BCUT2D eigenvalue weighted by atomic mass is 9.80. The second kappa shape index (κ2) is 14.4. The van der Waals surface area contributed by atoms with Gasteiger partial charge in [-0.3, -0.25) is 0 Å². The first-order valence-electron chi connectivity index (χ1n) is 23.5. The van der Waals surface area contributed by atoms with Gasteiger partial charge < -0.3 is 9.13 Å². The van der Waals surface area contributed by atoms with Crippen LogP contribution < -0.4 is 0 Å². The Morgan fingerprint density at radius 2 is 0.900 bits per heavy atom. The average Bonchev–Trinajstić information content (AvgIpc) is 4.04. The van der Waals surface area contributed by atoms with Gasteiger partial charge in [0.25, 0.3) is 0 Å². The Kier molecular flexibility index (Phi) is 8.56. The predicted molar refractivity (Wildman–Crippen MR) is 276 cm³/mol. The highest BCUT2D eigenvalue weighted by Crippen LogP contribution is 2.56. The molecule has 0 bridgehead atoms. The van der Waals surface area contributed by atoms with Crippen molar-refractivity contribution in [2.24, 2.45) is 0 Å². The van der Waals surface area contributed by atoms with E-state index in [0.29, 0.717) is 16.7 Å². The van der Waals surface area contributed by atoms with Crippen LogP contribution in [0.15, 0.2) is 176 Å². The minimum absolute atomic E-state index is 0.0740. The van der Waals surface area contributed by atoms with Gasteiger partial charge in [0.05, 0.1) is 62.3 Å². The van der Waals surface area contributed by atoms with Gasteiger partial charge >= 0.3 is 6.18 Å². The molecule has 0 fully saturated rings. The van der Waals surface area contributed by atoms with E-state index in [1.165, 1.54) is 50.6 Å². The van der Waals surface area contributed by atoms with Gasteiger partial charge in [-0.1, -0.05) is 149 Å². The molecule has 0 spiro atoms. The maximum Gasteiger partial charge on any atom is 0.416 e. The van der Waals surface area contributed by atoms with Crippen molar-refractivity contribution in [1.82, 2.24) is 9.13 Å². The van der Waals surface area contributed by atoms with Gasteiger partial charge in [-0.05, 0) is 110 Å². The van der Waals surface area contributed by atoms with Crippen LogP contribution in [0.1, 0.15) is 66.6 Å². The zero-order chi connectivity index (χ0) is 48.0. The molecule has 70 heavy (non-hydrogen) atoms. The number of benzene rings is 9. The third kappa shape index (κ3) is 5.58. The van der Waals surface area contributed by atoms with E-state index >= 15 is 0 Å². The molecule has 4 nitrogen and oxygen atoms in total. The van der Waals surface area contributed by atoms with E-state index in [2.05, 4.69) is 164 Å². The molecule has 0 saturated carbocycles. The molecule has 0 saturated heterocycles. The smallest absolute Gasteiger partial charge is 0.309 e. The van der Waals surface area contributed by atoms with Crippen LogP contribution >= 0.6 is 0 Å². The Bertz CT molecular complexity index is 4200. The summed E-state index contributed by atoms with van der Waals surface area (Å²) in [5, 5.41) is 25.4. The number of nitrogens with zero attached hydrogens (tertiary/aromatic N) is 4. The summed E-state index contributed by atoms with van der Waals surface area (Å²) >= 11 is 0. The maximum absolute atomic E-state index is 14.1. The molecule has 2 aromatic heterocycles. The van der Waals surface area contributed by atoms with Crippen molar-refractivity contribution < 1.29 is 13.2 Å². The lowest BCUT2D eigenvalue weighted by molar-refractivity contribution is -0.137. The van der Waals surface area contributed by atoms with E-state index in [-0.39, 0.29) is 16.4 Å². The summed E-state index contributed by atoms with van der Waals surface area (Å²) in [5.41, 5.74) is 16.9. The average molecular weight is 911 g/mol. The third-order valence-electron chi connectivity index (χ3n) is 15.4. The second-order valence-corrected chi connectivity index (χ2v) is 19.8. The number of aromatic nitrogens is 2. The molecule has 0 aliphatic heterocycles. The van der Waals surface area contributed by atoms with Crippen molar-refractivity contribution >= 4 is 43.6 Å². The molecule has 0 atom stereocenters. The molecule has 2 aliphatic carbocycles. The zero-order valence-electron chi connectivity index (χ0n) is 38.7. The summed E-state index contributed by atoms with van der Waals surface area (Å²) in [4.78, 5) is 0. The SMILES string of the molecule is CC1(C)c2ccccc2-c2ccc3c(c21)c1ccccc1n3-c1cc(C#N)ccc1-c1ccc(-c2ccc(C(F)(F)F)cc2C#N)cc1-n1c2ccccc2c2c3c(ccc21)-c1ccccc1C3(C)C. The van der Waals surface area contributed by atoms with Crippen molar-refractivity contribution in [3.05, 3.63) is 215 Å². The van der Waals surface area contributed by atoms with Gasteiger partial charge in [0, 0.05) is 43.5 Å². The lowest BCUT2D eigenvalue weighted by Gasteiger charge is -2.23. The van der Waals surface area contributed by atoms with Crippen molar-refractivity contribution in [3.8, 4) is 68.0 Å². The maximum atomic E-state index is 14.1. The fourth-order valence-electron chi connectivity index (χ4n) is 12.4. The highest BCUT2D eigenvalue weighted by Gasteiger charge is 2.40. The number of hydrogen-bond donors (Lipinski definition) is 0. The molecule has 9 aromatic carbocycles. The van der Waals surface area contributed by atoms with E-state index in [1.807, 2.05) is 42.5 Å². The standard InChI is InChI=1S/C63H41F3N4/c1-61(2)49-17-9-5-13-41(49)45-27-29-53-57(59(45)61)47-15-7-11-19-51(47)69(53)55-31-36(34-67)21-24-43(55)44-25-22-37(40-26-23-39(63(64,65)66)32-38(40)35-68)33-56(44)70-52-20-12-8-16-48(52)58-54(70)30-28-46-42-14-6-10-18-50(42)62(3,4)60(46)58/h5-33H,1-4H3. The minimum Gasteiger partial charge on any atom is -0.309 e. The summed E-state index contributed by atoms with van der Waals surface area (Å²) in [6, 6.07) is 62.6. The van der Waals surface area contributed by atoms with Crippen LogP contribution in [0.2, 0.25) is 0 Å². The number of hydrogen-bond acceptors (Lipinski definition) is 2. The molecule has 2 aliphatic rings. The first-order valence-corrected chi connectivity index (χ1v) is 23.5. The van der Waals surface area contributed by atoms with Gasteiger partial charge in [-0.15, -0.1) is 0 Å². The van der Waals surface area contributed by atoms with E-state index < -0.39 is 11.7 Å². The lowest BCUT2D eigenvalue weighted by Crippen LogP contribution is -2.15. The Morgan fingerprint density at radius 1 is 0.429 bits per heavy atom. The summed E-state index contributed by atoms with van der Waals surface area (Å²) in [6.07, 6.45) is -4.62. The zero-order valence-corrected chi connectivity index (χ0v) is 38.7. The van der Waals surface area contributed by atoms with Crippen LogP contribution in [0.25, 0.3) is 99.5 Å². The van der Waals surface area contributed by atoms with E-state index in [0.717, 1.165) is 78.2 Å². The number of rotatable bonds is 4. The van der Waals surface area contributed by atoms with Gasteiger partial charge in [-0.2, -0.15) is 23.7 Å². The molecule has 334 valence electrons. The molecule has 11 aromatic rings. The predicted octanol–water partition coefficient (Wildman–Crippen LogP) is 16.6. The normalized spacial score (nSPS) is 14.1. The molecular weight excluding hydrogens is 870 g/mol. The molecule has 0 unspecified atom stereocenters. The highest BCUT2D eigenvalue weighted by molar-refractivity contribution is 6.16. The number of halogens is 3. The largest absolute Gasteiger partial charge is 0.416 e. The summed E-state index contributed by atoms with van der Waals surface area (Å²) in [7, 11) is 0. The van der Waals surface area contributed by atoms with E-state index in [1.54, 1.807) is 0 Å². The van der Waals surface area contributed by atoms with Crippen molar-refractivity contribution in [3.63, 3.8) is 0 Å². The topological polar surface area (TPSA) is 57.4 Å². The van der Waals surface area contributed by atoms with Crippen molar-refractivity contribution in [2.45, 2.75) is 44.7 Å². The minimum atomic E-state index is -4.62. The Balaban J connectivity index is 1.14. The highest BCUT2D eigenvalue weighted by atomic mass is 19.4. The quantitative estimate of drug-likeness (QED) is 0.177. The molecule has 0 N–H and O–H groups in total. The van der Waals surface area contributed by atoms with Crippen LogP contribution in [0.3, 0.4) is 0 Å². The van der Waals surface area contributed by atoms with Crippen molar-refractivity contribution in [2.75, 3.05) is 0 Å². The Morgan fingerprint density at radius 3 is 1.43 bits per heavy atom. The third-order valence-corrected chi connectivity index (χ3v) is 15.4. The molecular formula is C63H41F3N4. The fourth-order valence-corrected chi connectivity index (χ4v) is 12.4. The molecule has 0 radical (unpaired) electrons. The van der Waals surface area contributed by atoms with E-state index in [9.17, 15) is 23.7 Å². The van der Waals surface area contributed by atoms with Gasteiger partial charge in [0.15, 0.2) is 0 Å².